The molecule has 4 heteroatoms. The normalized spacial score (nSPS) is 16.5. The molecular weight excluding hydrogens is 243 g/mol. The van der Waals surface area contributed by atoms with Crippen LogP contribution >= 0.6 is 0 Å². The number of likely N-dealkylation sites (tertiary alicyclic amines) is 1. The maximum atomic E-state index is 12.9. The highest BCUT2D eigenvalue weighted by atomic mass is 19.1. The zero-order valence-corrected chi connectivity index (χ0v) is 12.6. The Labute approximate surface area is 118 Å². The summed E-state index contributed by atoms with van der Waals surface area (Å²) in [6.07, 6.45) is 4.77. The average molecular weight is 272 g/mol. The standard InChI is InChI=1S/C12H19FN2O.C3H8.H2/c1-4-11(10(3)13)14-12(16)15-7-5-9(2)6-8-15;1-3-2;/h4,9H,3,5-8H2,1-2H3,(H,14,16);3H2,1-2H3;1H/b11-4+;;. The molecule has 0 aliphatic carbocycles. The fourth-order valence-electron chi connectivity index (χ4n) is 1.70. The summed E-state index contributed by atoms with van der Waals surface area (Å²) < 4.78 is 12.9. The molecule has 0 bridgehead atoms. The first-order chi connectivity index (χ1) is 8.96. The van der Waals surface area contributed by atoms with Crippen LogP contribution < -0.4 is 5.32 Å². The summed E-state index contributed by atoms with van der Waals surface area (Å²) >= 11 is 0. The molecule has 0 saturated carbocycles. The predicted octanol–water partition coefficient (Wildman–Crippen LogP) is 4.48. The second-order valence-electron chi connectivity index (χ2n) is 4.91. The van der Waals surface area contributed by atoms with E-state index in [1.807, 2.05) is 0 Å². The quantitative estimate of drug-likeness (QED) is 0.739. The molecule has 1 aliphatic rings. The summed E-state index contributed by atoms with van der Waals surface area (Å²) in [6, 6.07) is -0.237. The Hall–Kier alpha value is -1.32. The highest BCUT2D eigenvalue weighted by Gasteiger charge is 2.20. The molecule has 1 aliphatic heterocycles. The Morgan fingerprint density at radius 1 is 1.47 bits per heavy atom. The predicted molar refractivity (Wildman–Crippen MR) is 80.6 cm³/mol. The van der Waals surface area contributed by atoms with E-state index in [-0.39, 0.29) is 13.2 Å². The third-order valence-electron chi connectivity index (χ3n) is 2.89. The fraction of sp³-hybridized carbons (Fsp3) is 0.667. The van der Waals surface area contributed by atoms with Crippen molar-refractivity contribution in [3.05, 3.63) is 24.2 Å². The number of halogens is 1. The van der Waals surface area contributed by atoms with Crippen LogP contribution in [0.3, 0.4) is 0 Å². The van der Waals surface area contributed by atoms with Crippen LogP contribution in [-0.2, 0) is 0 Å². The van der Waals surface area contributed by atoms with Gasteiger partial charge in [0.25, 0.3) is 0 Å². The van der Waals surface area contributed by atoms with Gasteiger partial charge in [-0.3, -0.25) is 0 Å². The Balaban J connectivity index is 0. The van der Waals surface area contributed by atoms with Gasteiger partial charge < -0.3 is 10.2 Å². The molecule has 0 spiro atoms. The second kappa shape index (κ2) is 9.59. The van der Waals surface area contributed by atoms with Gasteiger partial charge in [0, 0.05) is 14.5 Å². The van der Waals surface area contributed by atoms with Gasteiger partial charge in [0.2, 0.25) is 0 Å². The number of rotatable bonds is 2. The number of piperidine rings is 1. The zero-order chi connectivity index (χ0) is 14.8. The van der Waals surface area contributed by atoms with Gasteiger partial charge >= 0.3 is 6.03 Å². The van der Waals surface area contributed by atoms with Crippen LogP contribution in [0.2, 0.25) is 0 Å². The van der Waals surface area contributed by atoms with Crippen molar-refractivity contribution >= 4 is 6.03 Å². The van der Waals surface area contributed by atoms with Gasteiger partial charge in [0.05, 0.1) is 5.70 Å². The first-order valence-corrected chi connectivity index (χ1v) is 7.03. The minimum atomic E-state index is -0.610. The molecule has 112 valence electrons. The third kappa shape index (κ3) is 6.99. The van der Waals surface area contributed by atoms with Crippen molar-refractivity contribution in [2.45, 2.75) is 47.0 Å². The number of amides is 2. The van der Waals surface area contributed by atoms with Crippen LogP contribution in [0.4, 0.5) is 9.18 Å². The SMILES string of the molecule is C=C(F)/C(=C\C)NC(=O)N1CCC(C)CC1.CCC.[HH]. The van der Waals surface area contributed by atoms with Crippen molar-refractivity contribution in [2.24, 2.45) is 5.92 Å². The highest BCUT2D eigenvalue weighted by molar-refractivity contribution is 5.76. The summed E-state index contributed by atoms with van der Waals surface area (Å²) in [5.41, 5.74) is 0.156. The molecule has 2 amide bonds. The number of nitrogens with one attached hydrogen (secondary N) is 1. The van der Waals surface area contributed by atoms with Crippen molar-refractivity contribution in [3.8, 4) is 0 Å². The topological polar surface area (TPSA) is 32.3 Å². The average Bonchev–Trinajstić information content (AvgIpc) is 2.37. The smallest absolute Gasteiger partial charge is 0.321 e. The van der Waals surface area contributed by atoms with E-state index in [2.05, 4.69) is 32.7 Å². The van der Waals surface area contributed by atoms with E-state index in [4.69, 9.17) is 0 Å². The first kappa shape index (κ1) is 17.7. The van der Waals surface area contributed by atoms with Gasteiger partial charge in [-0.15, -0.1) is 0 Å². The first-order valence-electron chi connectivity index (χ1n) is 7.03. The molecule has 0 aromatic rings. The van der Waals surface area contributed by atoms with Crippen LogP contribution in [-0.4, -0.2) is 24.0 Å². The van der Waals surface area contributed by atoms with Gasteiger partial charge in [-0.2, -0.15) is 0 Å². The van der Waals surface area contributed by atoms with Crippen LogP contribution in [0.25, 0.3) is 0 Å². The fourth-order valence-corrected chi connectivity index (χ4v) is 1.70. The molecule has 0 aromatic carbocycles. The number of hydrogen-bond donors (Lipinski definition) is 1. The van der Waals surface area contributed by atoms with Crippen LogP contribution in [0, 0.1) is 5.92 Å². The lowest BCUT2D eigenvalue weighted by Crippen LogP contribution is -2.43. The van der Waals surface area contributed by atoms with Crippen molar-refractivity contribution in [1.82, 2.24) is 10.2 Å². The van der Waals surface area contributed by atoms with Crippen LogP contribution in [0.15, 0.2) is 24.2 Å². The van der Waals surface area contributed by atoms with E-state index in [1.165, 1.54) is 12.5 Å². The maximum absolute atomic E-state index is 12.9. The van der Waals surface area contributed by atoms with Gasteiger partial charge in [0.1, 0.15) is 5.83 Å². The van der Waals surface area contributed by atoms with Gasteiger partial charge in [-0.25, -0.2) is 9.18 Å². The highest BCUT2D eigenvalue weighted by Crippen LogP contribution is 2.16. The molecule has 0 atom stereocenters. The molecular formula is C15H29FN2O. The van der Waals surface area contributed by atoms with E-state index < -0.39 is 5.83 Å². The van der Waals surface area contributed by atoms with Gasteiger partial charge in [-0.05, 0) is 25.7 Å². The largest absolute Gasteiger partial charge is 0.325 e. The van der Waals surface area contributed by atoms with E-state index >= 15 is 0 Å². The molecule has 3 nitrogen and oxygen atoms in total. The summed E-state index contributed by atoms with van der Waals surface area (Å²) in [7, 11) is 0. The third-order valence-corrected chi connectivity index (χ3v) is 2.89. The molecule has 0 radical (unpaired) electrons. The molecule has 0 aromatic heterocycles. The number of nitrogens with zero attached hydrogens (tertiary/aromatic N) is 1. The monoisotopic (exact) mass is 272 g/mol. The zero-order valence-electron chi connectivity index (χ0n) is 12.6. The van der Waals surface area contributed by atoms with E-state index in [1.54, 1.807) is 11.8 Å². The molecule has 1 saturated heterocycles. The van der Waals surface area contributed by atoms with Gasteiger partial charge in [0.15, 0.2) is 0 Å². The number of urea groups is 1. The minimum absolute atomic E-state index is 0. The Bertz CT molecular complexity index is 324. The number of hydrogen-bond acceptors (Lipinski definition) is 1. The molecule has 1 heterocycles. The van der Waals surface area contributed by atoms with Crippen molar-refractivity contribution in [2.75, 3.05) is 13.1 Å². The molecule has 19 heavy (non-hydrogen) atoms. The number of allylic oxidation sites excluding steroid dienone is 2. The lowest BCUT2D eigenvalue weighted by molar-refractivity contribution is 0.176. The number of carbonyl (C=O) groups excluding carboxylic acids is 1. The van der Waals surface area contributed by atoms with Crippen LogP contribution in [0.1, 0.15) is 48.4 Å². The van der Waals surface area contributed by atoms with Crippen LogP contribution in [0.5, 0.6) is 0 Å². The Morgan fingerprint density at radius 3 is 2.32 bits per heavy atom. The van der Waals surface area contributed by atoms with E-state index in [9.17, 15) is 9.18 Å². The number of carbonyl (C=O) groups is 1. The molecule has 0 unspecified atom stereocenters. The Morgan fingerprint density at radius 2 is 1.95 bits per heavy atom. The summed E-state index contributed by atoms with van der Waals surface area (Å²) in [4.78, 5) is 13.5. The molecule has 1 N–H and O–H groups in total. The minimum Gasteiger partial charge on any atom is -0.325 e. The van der Waals surface area contributed by atoms with Crippen molar-refractivity contribution < 1.29 is 10.6 Å². The lowest BCUT2D eigenvalue weighted by atomic mass is 10.00. The lowest BCUT2D eigenvalue weighted by Gasteiger charge is -2.30. The maximum Gasteiger partial charge on any atom is 0.321 e. The van der Waals surface area contributed by atoms with E-state index in [0.717, 1.165) is 25.9 Å². The van der Waals surface area contributed by atoms with Crippen molar-refractivity contribution in [3.63, 3.8) is 0 Å². The Kier molecular flexibility index (Phi) is 8.92. The summed E-state index contributed by atoms with van der Waals surface area (Å²) in [5, 5.41) is 2.52. The summed E-state index contributed by atoms with van der Waals surface area (Å²) in [6.45, 7) is 12.7. The van der Waals surface area contributed by atoms with Crippen molar-refractivity contribution in [1.29, 1.82) is 0 Å². The molecule has 1 fully saturated rings. The second-order valence-corrected chi connectivity index (χ2v) is 4.91. The molecule has 1 rings (SSSR count). The van der Waals surface area contributed by atoms with Gasteiger partial charge in [-0.1, -0.05) is 39.8 Å². The summed E-state index contributed by atoms with van der Waals surface area (Å²) in [5.74, 6) is 0.0580. The van der Waals surface area contributed by atoms with E-state index in [0.29, 0.717) is 5.92 Å².